The third-order valence-electron chi connectivity index (χ3n) is 11.3. The van der Waals surface area contributed by atoms with Crippen LogP contribution in [-0.2, 0) is 47.3 Å². The van der Waals surface area contributed by atoms with Crippen LogP contribution >= 0.6 is 0 Å². The first-order valence-corrected chi connectivity index (χ1v) is 21.9. The number of hydrogen-bond acceptors (Lipinski definition) is 10. The zero-order chi connectivity index (χ0) is 41.1. The number of nitrogens with zero attached hydrogens (tertiary/aromatic N) is 2. The monoisotopic (exact) mass is 776 g/mol. The topological polar surface area (TPSA) is 164 Å². The van der Waals surface area contributed by atoms with Crippen LogP contribution in [0.1, 0.15) is 106 Å². The molecule has 0 saturated carbocycles. The molecule has 0 unspecified atom stereocenters. The van der Waals surface area contributed by atoms with E-state index in [0.717, 1.165) is 16.1 Å². The average molecular weight is 777 g/mol. The molecule has 1 aromatic carbocycles. The first kappa shape index (κ1) is 41.4. The number of esters is 2. The maximum atomic E-state index is 14.5. The zero-order valence-electron chi connectivity index (χ0n) is 34.5. The molecule has 0 spiro atoms. The lowest BCUT2D eigenvalue weighted by Gasteiger charge is -2.45. The largest absolute Gasteiger partial charge is 0.457 e. The van der Waals surface area contributed by atoms with E-state index in [-0.39, 0.29) is 54.3 Å². The summed E-state index contributed by atoms with van der Waals surface area (Å²) in [5.74, 6) is -1.21. The van der Waals surface area contributed by atoms with Crippen molar-refractivity contribution < 1.29 is 38.1 Å². The molecular formula is C41H56N4O9Si. The van der Waals surface area contributed by atoms with Crippen LogP contribution in [0.3, 0.4) is 0 Å². The number of benzene rings is 1. The van der Waals surface area contributed by atoms with Gasteiger partial charge in [0.25, 0.3) is 5.56 Å². The van der Waals surface area contributed by atoms with Gasteiger partial charge in [-0.1, -0.05) is 47.7 Å². The molecule has 0 aliphatic carbocycles. The van der Waals surface area contributed by atoms with Crippen LogP contribution < -0.4 is 21.4 Å². The number of rotatable bonds is 9. The highest BCUT2D eigenvalue weighted by molar-refractivity contribution is 6.94. The zero-order valence-corrected chi connectivity index (χ0v) is 35.5. The number of cyclic esters (lactones) is 1. The number of ether oxygens (including phenoxy) is 4. The second-order valence-corrected chi connectivity index (χ2v) is 22.9. The molecule has 2 N–H and O–H groups in total. The van der Waals surface area contributed by atoms with Gasteiger partial charge in [-0.3, -0.25) is 14.9 Å². The molecule has 14 heteroatoms. The highest BCUT2D eigenvalue weighted by Gasteiger charge is 2.51. The van der Waals surface area contributed by atoms with E-state index in [1.54, 1.807) is 65.2 Å². The molecule has 2 amide bonds. The molecule has 298 valence electrons. The Morgan fingerprint density at radius 3 is 2.20 bits per heavy atom. The maximum absolute atomic E-state index is 14.5. The fourth-order valence-corrected chi connectivity index (χ4v) is 11.2. The van der Waals surface area contributed by atoms with Gasteiger partial charge in [0, 0.05) is 23.2 Å². The molecule has 2 aliphatic heterocycles. The SMILES string of the molecule is CC[C@@]1(OC(=O)CCNC(=O)OC(C)(C)C)C(=O)OCc2c1cc1n(c2=O)Cc2c-1nc1ccc(NC(=O)OC(C)(C)C)cc1c2[Si](C)(C)C(C)(C)C(C)C. The Morgan fingerprint density at radius 2 is 1.60 bits per heavy atom. The van der Waals surface area contributed by atoms with Gasteiger partial charge in [-0.2, -0.15) is 0 Å². The van der Waals surface area contributed by atoms with Gasteiger partial charge in [-0.15, -0.1) is 0 Å². The lowest BCUT2D eigenvalue weighted by Crippen LogP contribution is -2.54. The van der Waals surface area contributed by atoms with Crippen molar-refractivity contribution in [2.45, 2.75) is 137 Å². The summed E-state index contributed by atoms with van der Waals surface area (Å²) in [5.41, 5.74) is 0.149. The number of fused-ring (bicyclic) bond motifs is 5. The second kappa shape index (κ2) is 14.4. The van der Waals surface area contributed by atoms with Gasteiger partial charge in [0.2, 0.25) is 5.60 Å². The van der Waals surface area contributed by atoms with Crippen molar-refractivity contribution in [1.29, 1.82) is 0 Å². The van der Waals surface area contributed by atoms with E-state index in [0.29, 0.717) is 28.5 Å². The maximum Gasteiger partial charge on any atom is 0.412 e. The number of carbonyl (C=O) groups excluding carboxylic acids is 4. The average Bonchev–Trinajstić information content (AvgIpc) is 3.41. The molecule has 0 saturated heterocycles. The Kier molecular flexibility index (Phi) is 10.9. The fourth-order valence-electron chi connectivity index (χ4n) is 7.32. The summed E-state index contributed by atoms with van der Waals surface area (Å²) in [6.07, 6.45) is -1.49. The fraction of sp³-hybridized carbons (Fsp3) is 0.561. The summed E-state index contributed by atoms with van der Waals surface area (Å²) >= 11 is 0. The van der Waals surface area contributed by atoms with E-state index in [4.69, 9.17) is 23.9 Å². The lowest BCUT2D eigenvalue weighted by atomic mass is 9.85. The van der Waals surface area contributed by atoms with Crippen LogP contribution in [0.25, 0.3) is 22.3 Å². The highest BCUT2D eigenvalue weighted by Crippen LogP contribution is 2.47. The number of pyridine rings is 2. The van der Waals surface area contributed by atoms with E-state index in [2.05, 4.69) is 51.4 Å². The van der Waals surface area contributed by atoms with E-state index < -0.39 is 49.0 Å². The van der Waals surface area contributed by atoms with Gasteiger partial charge >= 0.3 is 24.1 Å². The number of nitrogens with one attached hydrogen (secondary N) is 2. The minimum Gasteiger partial charge on any atom is -0.457 e. The van der Waals surface area contributed by atoms with E-state index in [1.807, 2.05) is 12.1 Å². The lowest BCUT2D eigenvalue weighted by molar-refractivity contribution is -0.189. The van der Waals surface area contributed by atoms with Crippen molar-refractivity contribution >= 4 is 54.0 Å². The molecular weight excluding hydrogens is 721 g/mol. The van der Waals surface area contributed by atoms with Gasteiger partial charge in [0.15, 0.2) is 0 Å². The number of anilines is 1. The Labute approximate surface area is 323 Å². The van der Waals surface area contributed by atoms with Crippen LogP contribution in [0.2, 0.25) is 18.1 Å². The Bertz CT molecular complexity index is 2120. The van der Waals surface area contributed by atoms with Crippen LogP contribution in [0.4, 0.5) is 15.3 Å². The summed E-state index contributed by atoms with van der Waals surface area (Å²) in [5, 5.41) is 7.30. The number of alkyl carbamates (subject to hydrolysis) is 1. The summed E-state index contributed by atoms with van der Waals surface area (Å²) in [4.78, 5) is 71.5. The molecule has 0 radical (unpaired) electrons. The van der Waals surface area contributed by atoms with Crippen LogP contribution in [0, 0.1) is 5.92 Å². The minimum absolute atomic E-state index is 0.00612. The number of carbonyl (C=O) groups is 4. The Morgan fingerprint density at radius 1 is 0.964 bits per heavy atom. The van der Waals surface area contributed by atoms with E-state index in [9.17, 15) is 24.0 Å². The minimum atomic E-state index is -2.47. The number of amides is 2. The van der Waals surface area contributed by atoms with Crippen molar-refractivity contribution in [1.82, 2.24) is 14.9 Å². The second-order valence-electron chi connectivity index (χ2n) is 17.9. The molecule has 4 heterocycles. The predicted octanol–water partition coefficient (Wildman–Crippen LogP) is 7.24. The summed E-state index contributed by atoms with van der Waals surface area (Å²) < 4.78 is 23.9. The van der Waals surface area contributed by atoms with Crippen molar-refractivity contribution in [3.05, 3.63) is 51.3 Å². The smallest absolute Gasteiger partial charge is 0.412 e. The quantitative estimate of drug-likeness (QED) is 0.101. The van der Waals surface area contributed by atoms with Gasteiger partial charge in [-0.25, -0.2) is 19.4 Å². The molecule has 0 fully saturated rings. The molecule has 55 heavy (non-hydrogen) atoms. The van der Waals surface area contributed by atoms with Crippen LogP contribution in [-0.4, -0.2) is 59.5 Å². The van der Waals surface area contributed by atoms with Gasteiger partial charge in [0.05, 0.1) is 43.5 Å². The Hall–Kier alpha value is -4.72. The summed E-state index contributed by atoms with van der Waals surface area (Å²) in [7, 11) is -2.47. The van der Waals surface area contributed by atoms with Crippen molar-refractivity contribution in [3.8, 4) is 11.4 Å². The molecule has 5 rings (SSSR count). The molecule has 2 aliphatic rings. The van der Waals surface area contributed by atoms with Gasteiger partial charge in [0.1, 0.15) is 17.8 Å². The van der Waals surface area contributed by atoms with Crippen LogP contribution in [0.5, 0.6) is 0 Å². The Balaban J connectivity index is 1.64. The van der Waals surface area contributed by atoms with E-state index >= 15 is 0 Å². The van der Waals surface area contributed by atoms with Crippen LogP contribution in [0.15, 0.2) is 29.1 Å². The molecule has 3 aromatic rings. The third kappa shape index (κ3) is 7.87. The van der Waals surface area contributed by atoms with Gasteiger partial charge in [-0.05, 0) is 93.9 Å². The predicted molar refractivity (Wildman–Crippen MR) is 213 cm³/mol. The number of hydrogen-bond donors (Lipinski definition) is 2. The molecule has 2 aromatic heterocycles. The molecule has 1 atom stereocenters. The molecule has 13 nitrogen and oxygen atoms in total. The third-order valence-corrected chi connectivity index (χ3v) is 16.9. The highest BCUT2D eigenvalue weighted by atomic mass is 28.3. The normalized spacial score (nSPS) is 16.9. The van der Waals surface area contributed by atoms with Crippen molar-refractivity contribution in [2.24, 2.45) is 5.92 Å². The number of aromatic nitrogens is 2. The standard InChI is InChI=1S/C41H56N4O9Si/c1-14-41(52-31(46)17-18-42-36(49)53-38(4,5)6)28-20-30-32-26(21-45(30)34(47)27(28)22-51-35(41)48)33(55(12,13)40(10,11)23(2)3)25-19-24(15-16-29(25)44-32)43-37(50)54-39(7,8)9/h15-16,19-20,23H,14,17-18,21-22H2,1-13H3,(H,42,49)(H,43,50)/t41-/m0/s1. The first-order valence-electron chi connectivity index (χ1n) is 18.9. The summed E-state index contributed by atoms with van der Waals surface area (Å²) in [6.45, 7) is 25.9. The van der Waals surface area contributed by atoms with Gasteiger partial charge < -0.3 is 28.8 Å². The summed E-state index contributed by atoms with van der Waals surface area (Å²) in [6, 6.07) is 7.33. The van der Waals surface area contributed by atoms with Crippen molar-refractivity contribution in [2.75, 3.05) is 11.9 Å². The first-order chi connectivity index (χ1) is 25.3. The molecule has 0 bridgehead atoms. The van der Waals surface area contributed by atoms with E-state index in [1.165, 1.54) is 0 Å². The van der Waals surface area contributed by atoms with Crippen molar-refractivity contribution in [3.63, 3.8) is 0 Å².